The molecule has 0 aromatic heterocycles. The molecule has 3 heteroatoms. The number of benzene rings is 1. The predicted octanol–water partition coefficient (Wildman–Crippen LogP) is 3.62. The molecule has 1 aromatic carbocycles. The summed E-state index contributed by atoms with van der Waals surface area (Å²) in [5, 5.41) is 6.35. The van der Waals surface area contributed by atoms with Gasteiger partial charge in [0.15, 0.2) is 0 Å². The van der Waals surface area contributed by atoms with Crippen LogP contribution in [0, 0.1) is 30.6 Å². The maximum atomic E-state index is 12.3. The molecule has 4 fully saturated rings. The summed E-state index contributed by atoms with van der Waals surface area (Å²) >= 11 is 0. The number of rotatable bonds is 3. The summed E-state index contributed by atoms with van der Waals surface area (Å²) in [4.78, 5) is 12.3. The lowest BCUT2D eigenvalue weighted by atomic mass is 9.54. The van der Waals surface area contributed by atoms with E-state index in [1.807, 2.05) is 12.1 Å². The Kier molecular flexibility index (Phi) is 3.59. The summed E-state index contributed by atoms with van der Waals surface area (Å²) in [5.41, 5.74) is 2.43. The molecule has 0 aliphatic heterocycles. The molecule has 2 N–H and O–H groups in total. The summed E-state index contributed by atoms with van der Waals surface area (Å²) in [6.07, 6.45) is 6.83. The van der Waals surface area contributed by atoms with Gasteiger partial charge >= 0.3 is 6.03 Å². The second-order valence-corrected chi connectivity index (χ2v) is 7.71. The standard InChI is InChI=1S/C19H26N2O/c1-12-4-2-3-5-15(12)11-20-19(22)21-18-16-7-13-6-14(9-16)10-17(18)8-13/h2-5,13-14,16-18H,6-11H2,1H3,(H2,20,21,22). The average molecular weight is 298 g/mol. The fourth-order valence-electron chi connectivity index (χ4n) is 5.35. The minimum absolute atomic E-state index is 0.0146. The van der Waals surface area contributed by atoms with Crippen LogP contribution in [0.25, 0.3) is 0 Å². The van der Waals surface area contributed by atoms with Crippen molar-refractivity contribution in [2.75, 3.05) is 0 Å². The number of urea groups is 1. The van der Waals surface area contributed by atoms with Crippen molar-refractivity contribution >= 4 is 6.03 Å². The minimum atomic E-state index is 0.0146. The van der Waals surface area contributed by atoms with E-state index in [2.05, 4.69) is 29.7 Å². The quantitative estimate of drug-likeness (QED) is 0.879. The average Bonchev–Trinajstić information content (AvgIpc) is 2.49. The van der Waals surface area contributed by atoms with Gasteiger partial charge in [-0.25, -0.2) is 4.79 Å². The molecule has 1 aromatic rings. The van der Waals surface area contributed by atoms with Crippen LogP contribution in [0.5, 0.6) is 0 Å². The normalized spacial score (nSPS) is 35.4. The number of aryl methyl sites for hydroxylation is 1. The van der Waals surface area contributed by atoms with Crippen molar-refractivity contribution in [3.63, 3.8) is 0 Å². The third kappa shape index (κ3) is 2.62. The van der Waals surface area contributed by atoms with Gasteiger partial charge in [-0.1, -0.05) is 24.3 Å². The van der Waals surface area contributed by atoms with E-state index >= 15 is 0 Å². The van der Waals surface area contributed by atoms with Crippen molar-refractivity contribution in [3.05, 3.63) is 35.4 Å². The largest absolute Gasteiger partial charge is 0.335 e. The summed E-state index contributed by atoms with van der Waals surface area (Å²) < 4.78 is 0. The van der Waals surface area contributed by atoms with Crippen LogP contribution in [0.15, 0.2) is 24.3 Å². The molecule has 0 unspecified atom stereocenters. The monoisotopic (exact) mass is 298 g/mol. The highest BCUT2D eigenvalue weighted by atomic mass is 16.2. The van der Waals surface area contributed by atoms with E-state index in [0.717, 1.165) is 23.7 Å². The van der Waals surface area contributed by atoms with Crippen molar-refractivity contribution in [2.45, 2.75) is 51.6 Å². The highest BCUT2D eigenvalue weighted by Crippen LogP contribution is 2.53. The van der Waals surface area contributed by atoms with Crippen LogP contribution in [-0.2, 0) is 6.54 Å². The summed E-state index contributed by atoms with van der Waals surface area (Å²) in [7, 11) is 0. The van der Waals surface area contributed by atoms with Gasteiger partial charge < -0.3 is 10.6 Å². The smallest absolute Gasteiger partial charge is 0.315 e. The molecule has 22 heavy (non-hydrogen) atoms. The summed E-state index contributed by atoms with van der Waals surface area (Å²) in [5.74, 6) is 3.38. The number of amides is 2. The second-order valence-electron chi connectivity index (χ2n) is 7.71. The molecule has 4 aliphatic rings. The maximum absolute atomic E-state index is 12.3. The number of nitrogens with one attached hydrogen (secondary N) is 2. The Bertz CT molecular complexity index is 540. The number of hydrogen-bond donors (Lipinski definition) is 2. The topological polar surface area (TPSA) is 41.1 Å². The Hall–Kier alpha value is -1.51. The fraction of sp³-hybridized carbons (Fsp3) is 0.632. The third-order valence-corrected chi connectivity index (χ3v) is 6.23. The van der Waals surface area contributed by atoms with Gasteiger partial charge in [0, 0.05) is 12.6 Å². The molecule has 4 aliphatic carbocycles. The molecular weight excluding hydrogens is 272 g/mol. The van der Waals surface area contributed by atoms with Crippen molar-refractivity contribution in [1.82, 2.24) is 10.6 Å². The lowest BCUT2D eigenvalue weighted by molar-refractivity contribution is -0.00942. The van der Waals surface area contributed by atoms with Gasteiger partial charge in [0.2, 0.25) is 0 Å². The molecule has 0 atom stereocenters. The zero-order valence-corrected chi connectivity index (χ0v) is 13.3. The lowest BCUT2D eigenvalue weighted by Gasteiger charge is -2.54. The number of carbonyl (C=O) groups is 1. The molecule has 118 valence electrons. The first-order valence-electron chi connectivity index (χ1n) is 8.78. The molecule has 4 saturated carbocycles. The molecule has 0 saturated heterocycles. The molecular formula is C19H26N2O. The van der Waals surface area contributed by atoms with E-state index in [-0.39, 0.29) is 6.03 Å². The van der Waals surface area contributed by atoms with Gasteiger partial charge in [0.1, 0.15) is 0 Å². The van der Waals surface area contributed by atoms with E-state index in [0.29, 0.717) is 12.6 Å². The molecule has 0 radical (unpaired) electrons. The van der Waals surface area contributed by atoms with Crippen LogP contribution < -0.4 is 10.6 Å². The highest BCUT2D eigenvalue weighted by Gasteiger charge is 2.48. The molecule has 3 nitrogen and oxygen atoms in total. The highest BCUT2D eigenvalue weighted by molar-refractivity contribution is 5.74. The van der Waals surface area contributed by atoms with Crippen LogP contribution in [0.2, 0.25) is 0 Å². The first-order chi connectivity index (χ1) is 10.7. The Morgan fingerprint density at radius 3 is 2.32 bits per heavy atom. The zero-order chi connectivity index (χ0) is 15.1. The Morgan fingerprint density at radius 2 is 1.68 bits per heavy atom. The second kappa shape index (κ2) is 5.60. The van der Waals surface area contributed by atoms with Crippen LogP contribution in [0.4, 0.5) is 4.79 Å². The molecule has 4 bridgehead atoms. The lowest BCUT2D eigenvalue weighted by Crippen LogP contribution is -2.57. The van der Waals surface area contributed by atoms with Crippen molar-refractivity contribution in [2.24, 2.45) is 23.7 Å². The third-order valence-electron chi connectivity index (χ3n) is 6.23. The van der Waals surface area contributed by atoms with Crippen molar-refractivity contribution in [3.8, 4) is 0 Å². The van der Waals surface area contributed by atoms with Gasteiger partial charge in [0.25, 0.3) is 0 Å². The maximum Gasteiger partial charge on any atom is 0.315 e. The van der Waals surface area contributed by atoms with E-state index in [1.54, 1.807) is 0 Å². The molecule has 5 rings (SSSR count). The van der Waals surface area contributed by atoms with E-state index in [4.69, 9.17) is 0 Å². The van der Waals surface area contributed by atoms with Gasteiger partial charge in [-0.3, -0.25) is 0 Å². The summed E-state index contributed by atoms with van der Waals surface area (Å²) in [6, 6.07) is 8.67. The zero-order valence-electron chi connectivity index (χ0n) is 13.3. The van der Waals surface area contributed by atoms with Crippen LogP contribution >= 0.6 is 0 Å². The SMILES string of the molecule is Cc1ccccc1CNC(=O)NC1C2CC3CC(C2)CC1C3. The van der Waals surface area contributed by atoms with Gasteiger partial charge in [-0.15, -0.1) is 0 Å². The van der Waals surface area contributed by atoms with E-state index < -0.39 is 0 Å². The van der Waals surface area contributed by atoms with E-state index in [9.17, 15) is 4.79 Å². The van der Waals surface area contributed by atoms with Crippen LogP contribution in [-0.4, -0.2) is 12.1 Å². The Morgan fingerprint density at radius 1 is 1.05 bits per heavy atom. The Balaban J connectivity index is 1.34. The van der Waals surface area contributed by atoms with E-state index in [1.165, 1.54) is 43.2 Å². The minimum Gasteiger partial charge on any atom is -0.335 e. The van der Waals surface area contributed by atoms with Crippen LogP contribution in [0.1, 0.15) is 43.2 Å². The first-order valence-corrected chi connectivity index (χ1v) is 8.78. The van der Waals surface area contributed by atoms with Gasteiger partial charge in [-0.2, -0.15) is 0 Å². The van der Waals surface area contributed by atoms with Gasteiger partial charge in [0.05, 0.1) is 0 Å². The molecule has 2 amide bonds. The Labute approximate surface area is 132 Å². The van der Waals surface area contributed by atoms with Crippen molar-refractivity contribution < 1.29 is 4.79 Å². The molecule has 0 spiro atoms. The molecule has 0 heterocycles. The number of carbonyl (C=O) groups excluding carboxylic acids is 1. The fourth-order valence-corrected chi connectivity index (χ4v) is 5.35. The van der Waals surface area contributed by atoms with Crippen LogP contribution in [0.3, 0.4) is 0 Å². The van der Waals surface area contributed by atoms with Crippen molar-refractivity contribution in [1.29, 1.82) is 0 Å². The van der Waals surface area contributed by atoms with Gasteiger partial charge in [-0.05, 0) is 73.8 Å². The predicted molar refractivity (Wildman–Crippen MR) is 87.4 cm³/mol. The summed E-state index contributed by atoms with van der Waals surface area (Å²) in [6.45, 7) is 2.71. The number of hydrogen-bond acceptors (Lipinski definition) is 1. The first kappa shape index (κ1) is 14.1.